The van der Waals surface area contributed by atoms with Crippen molar-refractivity contribution in [3.05, 3.63) is 47.7 Å². The van der Waals surface area contributed by atoms with Gasteiger partial charge in [-0.3, -0.25) is 4.31 Å². The van der Waals surface area contributed by atoms with Crippen molar-refractivity contribution in [1.82, 2.24) is 8.61 Å². The molecule has 1 fully saturated rings. The standard InChI is InChI=1S/C12H14N2O2S/c15-17(16)13(9-11-5-2-1-3-6-11)10-12-7-4-8-14(12)17/h1-3,5-7H,4,8-10H2. The molecule has 4 nitrogen and oxygen atoms in total. The second-order valence-corrected chi connectivity index (χ2v) is 6.17. The van der Waals surface area contributed by atoms with Crippen LogP contribution in [0.3, 0.4) is 0 Å². The van der Waals surface area contributed by atoms with Crippen LogP contribution < -0.4 is 0 Å². The van der Waals surface area contributed by atoms with Gasteiger partial charge in [-0.05, 0) is 12.0 Å². The highest BCUT2D eigenvalue weighted by molar-refractivity contribution is 7.87. The van der Waals surface area contributed by atoms with Gasteiger partial charge in [0.25, 0.3) is 0 Å². The molecular formula is C12H14N2O2S. The molecular weight excluding hydrogens is 236 g/mol. The molecule has 1 aromatic carbocycles. The zero-order valence-corrected chi connectivity index (χ0v) is 10.2. The van der Waals surface area contributed by atoms with Gasteiger partial charge in [0, 0.05) is 18.8 Å². The number of benzene rings is 1. The average molecular weight is 250 g/mol. The van der Waals surface area contributed by atoms with Crippen LogP contribution >= 0.6 is 0 Å². The van der Waals surface area contributed by atoms with Gasteiger partial charge in [-0.15, -0.1) is 0 Å². The molecule has 0 aliphatic carbocycles. The Kier molecular flexibility index (Phi) is 2.45. The van der Waals surface area contributed by atoms with Crippen LogP contribution in [0.25, 0.3) is 0 Å². The van der Waals surface area contributed by atoms with Crippen LogP contribution in [0.1, 0.15) is 12.0 Å². The van der Waals surface area contributed by atoms with E-state index in [9.17, 15) is 8.42 Å². The Morgan fingerprint density at radius 1 is 1.18 bits per heavy atom. The smallest absolute Gasteiger partial charge is 0.260 e. The summed E-state index contributed by atoms with van der Waals surface area (Å²) in [7, 11) is -3.26. The molecule has 3 rings (SSSR count). The molecule has 1 aromatic rings. The fourth-order valence-corrected chi connectivity index (χ4v) is 3.98. The number of hydrogen-bond acceptors (Lipinski definition) is 2. The predicted molar refractivity (Wildman–Crippen MR) is 65.2 cm³/mol. The van der Waals surface area contributed by atoms with Gasteiger partial charge in [0.15, 0.2) is 0 Å². The van der Waals surface area contributed by atoms with E-state index in [0.717, 1.165) is 17.7 Å². The summed E-state index contributed by atoms with van der Waals surface area (Å²) in [5.74, 6) is 0. The van der Waals surface area contributed by atoms with Gasteiger partial charge in [-0.1, -0.05) is 36.4 Å². The Morgan fingerprint density at radius 3 is 2.65 bits per heavy atom. The summed E-state index contributed by atoms with van der Waals surface area (Å²) < 4.78 is 27.4. The first-order chi connectivity index (χ1) is 8.18. The molecule has 0 bridgehead atoms. The first kappa shape index (κ1) is 10.8. The number of fused-ring (bicyclic) bond motifs is 1. The molecule has 2 heterocycles. The van der Waals surface area contributed by atoms with Crippen LogP contribution in [0.15, 0.2) is 42.1 Å². The van der Waals surface area contributed by atoms with Crippen molar-refractivity contribution in [2.45, 2.75) is 13.0 Å². The monoisotopic (exact) mass is 250 g/mol. The number of rotatable bonds is 2. The zero-order chi connectivity index (χ0) is 11.9. The summed E-state index contributed by atoms with van der Waals surface area (Å²) in [5.41, 5.74) is 1.96. The van der Waals surface area contributed by atoms with Crippen molar-refractivity contribution in [3.63, 3.8) is 0 Å². The van der Waals surface area contributed by atoms with Crippen LogP contribution in [0.2, 0.25) is 0 Å². The van der Waals surface area contributed by atoms with Crippen molar-refractivity contribution < 1.29 is 8.42 Å². The molecule has 0 unspecified atom stereocenters. The molecule has 2 aliphatic rings. The van der Waals surface area contributed by atoms with E-state index >= 15 is 0 Å². The minimum absolute atomic E-state index is 0.455. The van der Waals surface area contributed by atoms with Crippen molar-refractivity contribution in [2.24, 2.45) is 0 Å². The highest BCUT2D eigenvalue weighted by Crippen LogP contribution is 2.31. The van der Waals surface area contributed by atoms with Gasteiger partial charge < -0.3 is 0 Å². The second-order valence-electron chi connectivity index (χ2n) is 4.32. The second kappa shape index (κ2) is 3.85. The van der Waals surface area contributed by atoms with Crippen LogP contribution in [-0.4, -0.2) is 30.1 Å². The van der Waals surface area contributed by atoms with E-state index < -0.39 is 10.2 Å². The highest BCUT2D eigenvalue weighted by atomic mass is 32.2. The Balaban J connectivity index is 1.86. The fourth-order valence-electron chi connectivity index (χ4n) is 2.33. The lowest BCUT2D eigenvalue weighted by atomic mass is 10.2. The molecule has 0 amide bonds. The number of hydrogen-bond donors (Lipinski definition) is 0. The lowest BCUT2D eigenvalue weighted by Crippen LogP contribution is -2.32. The van der Waals surface area contributed by atoms with Gasteiger partial charge in [0.1, 0.15) is 0 Å². The van der Waals surface area contributed by atoms with E-state index in [-0.39, 0.29) is 0 Å². The van der Waals surface area contributed by atoms with Crippen molar-refractivity contribution in [1.29, 1.82) is 0 Å². The lowest BCUT2D eigenvalue weighted by molar-refractivity contribution is 0.441. The molecule has 0 radical (unpaired) electrons. The van der Waals surface area contributed by atoms with E-state index in [4.69, 9.17) is 0 Å². The number of nitrogens with zero attached hydrogens (tertiary/aromatic N) is 2. The van der Waals surface area contributed by atoms with Gasteiger partial charge in [-0.25, -0.2) is 0 Å². The molecule has 0 saturated carbocycles. The molecule has 0 spiro atoms. The van der Waals surface area contributed by atoms with Crippen LogP contribution in [-0.2, 0) is 16.8 Å². The van der Waals surface area contributed by atoms with Gasteiger partial charge >= 0.3 is 10.2 Å². The van der Waals surface area contributed by atoms with Crippen molar-refractivity contribution in [2.75, 3.05) is 13.1 Å². The summed E-state index contributed by atoms with van der Waals surface area (Å²) in [5, 5.41) is 0. The topological polar surface area (TPSA) is 40.6 Å². The van der Waals surface area contributed by atoms with E-state index in [1.807, 2.05) is 36.4 Å². The van der Waals surface area contributed by atoms with Gasteiger partial charge in [0.2, 0.25) is 0 Å². The summed E-state index contributed by atoms with van der Waals surface area (Å²) in [6, 6.07) is 9.69. The molecule has 0 aromatic heterocycles. The van der Waals surface area contributed by atoms with E-state index in [1.165, 1.54) is 8.61 Å². The van der Waals surface area contributed by atoms with E-state index in [0.29, 0.717) is 19.6 Å². The maximum atomic E-state index is 12.2. The summed E-state index contributed by atoms with van der Waals surface area (Å²) in [4.78, 5) is 0. The lowest BCUT2D eigenvalue weighted by Gasteiger charge is -2.17. The van der Waals surface area contributed by atoms with Crippen LogP contribution in [0.4, 0.5) is 0 Å². The van der Waals surface area contributed by atoms with E-state index in [2.05, 4.69) is 0 Å². The molecule has 0 atom stereocenters. The molecule has 2 aliphatic heterocycles. The molecule has 0 N–H and O–H groups in total. The fraction of sp³-hybridized carbons (Fsp3) is 0.333. The van der Waals surface area contributed by atoms with Crippen molar-refractivity contribution in [3.8, 4) is 0 Å². The highest BCUT2D eigenvalue weighted by Gasteiger charge is 2.40. The Hall–Kier alpha value is -1.33. The third-order valence-corrected chi connectivity index (χ3v) is 5.06. The predicted octanol–water partition coefficient (Wildman–Crippen LogP) is 1.34. The first-order valence-electron chi connectivity index (χ1n) is 5.69. The maximum Gasteiger partial charge on any atom is 0.304 e. The molecule has 17 heavy (non-hydrogen) atoms. The third kappa shape index (κ3) is 1.75. The SMILES string of the molecule is O=S1(=O)N(Cc2ccccc2)CC2=CCCN21. The zero-order valence-electron chi connectivity index (χ0n) is 9.41. The van der Waals surface area contributed by atoms with Crippen LogP contribution in [0, 0.1) is 0 Å². The minimum atomic E-state index is -3.26. The van der Waals surface area contributed by atoms with Gasteiger partial charge in [0.05, 0.1) is 6.54 Å². The van der Waals surface area contributed by atoms with E-state index in [1.54, 1.807) is 0 Å². The van der Waals surface area contributed by atoms with Gasteiger partial charge in [-0.2, -0.15) is 12.7 Å². The average Bonchev–Trinajstić information content (AvgIpc) is 2.85. The third-order valence-electron chi connectivity index (χ3n) is 3.18. The largest absolute Gasteiger partial charge is 0.304 e. The maximum absolute atomic E-state index is 12.2. The normalized spacial score (nSPS) is 22.6. The quantitative estimate of drug-likeness (QED) is 0.794. The van der Waals surface area contributed by atoms with Crippen LogP contribution in [0.5, 0.6) is 0 Å². The molecule has 90 valence electrons. The molecule has 5 heteroatoms. The molecule has 1 saturated heterocycles. The summed E-state index contributed by atoms with van der Waals surface area (Å²) in [6.45, 7) is 1.57. The Labute approximate surface area is 101 Å². The first-order valence-corrected chi connectivity index (χ1v) is 7.08. The minimum Gasteiger partial charge on any atom is -0.260 e. The Bertz CT molecular complexity index is 551. The Morgan fingerprint density at radius 2 is 1.94 bits per heavy atom. The van der Waals surface area contributed by atoms with Crippen molar-refractivity contribution >= 4 is 10.2 Å². The summed E-state index contributed by atoms with van der Waals surface area (Å²) >= 11 is 0. The summed E-state index contributed by atoms with van der Waals surface area (Å²) in [6.07, 6.45) is 2.86.